The standard InChI is InChI=1S/C22H28N4O2/c23-13-5-1-2-6-14-24-21(27)17-9-11-20(12-10-17)25-22(28)26-15-18-7-3-4-8-19(18)16-26/h3-4,7-12H,1-2,5-6,13-16,23H2,(H,24,27)(H,25,28). The summed E-state index contributed by atoms with van der Waals surface area (Å²) < 4.78 is 0. The Morgan fingerprint density at radius 1 is 0.893 bits per heavy atom. The van der Waals surface area contributed by atoms with E-state index in [4.69, 9.17) is 5.73 Å². The van der Waals surface area contributed by atoms with Gasteiger partial charge in [0.25, 0.3) is 5.91 Å². The van der Waals surface area contributed by atoms with Crippen molar-refractivity contribution in [2.24, 2.45) is 5.73 Å². The molecule has 28 heavy (non-hydrogen) atoms. The van der Waals surface area contributed by atoms with E-state index in [1.807, 2.05) is 24.3 Å². The molecule has 6 heteroatoms. The zero-order valence-electron chi connectivity index (χ0n) is 16.1. The van der Waals surface area contributed by atoms with E-state index in [-0.39, 0.29) is 11.9 Å². The second kappa shape index (κ2) is 9.90. The Balaban J connectivity index is 1.44. The summed E-state index contributed by atoms with van der Waals surface area (Å²) in [5.41, 5.74) is 9.11. The fraction of sp³-hybridized carbons (Fsp3) is 0.364. The third-order valence-electron chi connectivity index (χ3n) is 4.94. The number of nitrogens with two attached hydrogens (primary N) is 1. The summed E-state index contributed by atoms with van der Waals surface area (Å²) in [7, 11) is 0. The van der Waals surface area contributed by atoms with Gasteiger partial charge in [-0.3, -0.25) is 4.79 Å². The Hall–Kier alpha value is -2.86. The highest BCUT2D eigenvalue weighted by Crippen LogP contribution is 2.23. The van der Waals surface area contributed by atoms with E-state index in [2.05, 4.69) is 10.6 Å². The average Bonchev–Trinajstić information content (AvgIpc) is 3.15. The van der Waals surface area contributed by atoms with Crippen molar-refractivity contribution in [2.75, 3.05) is 18.4 Å². The van der Waals surface area contributed by atoms with Gasteiger partial charge < -0.3 is 21.3 Å². The summed E-state index contributed by atoms with van der Waals surface area (Å²) in [4.78, 5) is 26.4. The van der Waals surface area contributed by atoms with Gasteiger partial charge >= 0.3 is 6.03 Å². The maximum atomic E-state index is 12.5. The predicted molar refractivity (Wildman–Crippen MR) is 111 cm³/mol. The molecule has 3 amide bonds. The van der Waals surface area contributed by atoms with Crippen LogP contribution in [0.5, 0.6) is 0 Å². The number of carbonyl (C=O) groups is 2. The lowest BCUT2D eigenvalue weighted by Gasteiger charge is -2.16. The van der Waals surface area contributed by atoms with E-state index in [1.54, 1.807) is 29.2 Å². The normalized spacial score (nSPS) is 12.5. The molecule has 4 N–H and O–H groups in total. The van der Waals surface area contributed by atoms with Crippen molar-refractivity contribution in [2.45, 2.75) is 38.8 Å². The maximum Gasteiger partial charge on any atom is 0.322 e. The van der Waals surface area contributed by atoms with Gasteiger partial charge in [0, 0.05) is 30.9 Å². The molecular formula is C22H28N4O2. The van der Waals surface area contributed by atoms with Crippen molar-refractivity contribution in [3.05, 3.63) is 65.2 Å². The number of carbonyl (C=O) groups excluding carboxylic acids is 2. The van der Waals surface area contributed by atoms with Crippen molar-refractivity contribution in [1.82, 2.24) is 10.2 Å². The minimum Gasteiger partial charge on any atom is -0.352 e. The highest BCUT2D eigenvalue weighted by molar-refractivity contribution is 5.95. The first kappa shape index (κ1) is 19.9. The van der Waals surface area contributed by atoms with E-state index in [9.17, 15) is 9.59 Å². The molecule has 0 atom stereocenters. The number of anilines is 1. The van der Waals surface area contributed by atoms with E-state index in [1.165, 1.54) is 11.1 Å². The lowest BCUT2D eigenvalue weighted by atomic mass is 10.1. The molecule has 0 saturated heterocycles. The van der Waals surface area contributed by atoms with Gasteiger partial charge in [-0.2, -0.15) is 0 Å². The van der Waals surface area contributed by atoms with Gasteiger partial charge in [0.05, 0.1) is 0 Å². The Morgan fingerprint density at radius 3 is 2.18 bits per heavy atom. The molecule has 1 heterocycles. The minimum absolute atomic E-state index is 0.0910. The number of benzene rings is 2. The number of hydrogen-bond donors (Lipinski definition) is 3. The van der Waals surface area contributed by atoms with Gasteiger partial charge in [0.1, 0.15) is 0 Å². The van der Waals surface area contributed by atoms with Gasteiger partial charge in [0.2, 0.25) is 0 Å². The van der Waals surface area contributed by atoms with Crippen LogP contribution in [0.15, 0.2) is 48.5 Å². The summed E-state index contributed by atoms with van der Waals surface area (Å²) in [6, 6.07) is 14.9. The quantitative estimate of drug-likeness (QED) is 0.613. The number of nitrogens with one attached hydrogen (secondary N) is 2. The summed E-state index contributed by atoms with van der Waals surface area (Å²) in [6.07, 6.45) is 4.16. The summed E-state index contributed by atoms with van der Waals surface area (Å²) in [6.45, 7) is 2.62. The Morgan fingerprint density at radius 2 is 1.54 bits per heavy atom. The molecule has 1 aliphatic rings. The molecule has 0 bridgehead atoms. The fourth-order valence-electron chi connectivity index (χ4n) is 3.31. The molecule has 3 rings (SSSR count). The Kier molecular flexibility index (Phi) is 7.03. The fourth-order valence-corrected chi connectivity index (χ4v) is 3.31. The monoisotopic (exact) mass is 380 g/mol. The van der Waals surface area contributed by atoms with Crippen LogP contribution < -0.4 is 16.4 Å². The van der Waals surface area contributed by atoms with Crippen molar-refractivity contribution in [3.63, 3.8) is 0 Å². The van der Waals surface area contributed by atoms with Gasteiger partial charge in [-0.15, -0.1) is 0 Å². The van der Waals surface area contributed by atoms with Crippen LogP contribution in [0.25, 0.3) is 0 Å². The second-order valence-electron chi connectivity index (χ2n) is 7.09. The van der Waals surface area contributed by atoms with E-state index in [0.29, 0.717) is 30.9 Å². The maximum absolute atomic E-state index is 12.5. The van der Waals surface area contributed by atoms with Crippen molar-refractivity contribution in [3.8, 4) is 0 Å². The second-order valence-corrected chi connectivity index (χ2v) is 7.09. The molecule has 148 valence electrons. The first-order valence-electron chi connectivity index (χ1n) is 9.88. The molecular weight excluding hydrogens is 352 g/mol. The third kappa shape index (κ3) is 5.33. The molecule has 0 aromatic heterocycles. The minimum atomic E-state index is -0.133. The summed E-state index contributed by atoms with van der Waals surface area (Å²) >= 11 is 0. The first-order chi connectivity index (χ1) is 13.7. The molecule has 0 aliphatic carbocycles. The molecule has 0 spiro atoms. The third-order valence-corrected chi connectivity index (χ3v) is 4.94. The predicted octanol–water partition coefficient (Wildman–Crippen LogP) is 3.48. The SMILES string of the molecule is NCCCCCCNC(=O)c1ccc(NC(=O)N2Cc3ccccc3C2)cc1. The smallest absolute Gasteiger partial charge is 0.322 e. The van der Waals surface area contributed by atoms with Crippen LogP contribution in [0.4, 0.5) is 10.5 Å². The number of hydrogen-bond acceptors (Lipinski definition) is 3. The summed E-state index contributed by atoms with van der Waals surface area (Å²) in [5, 5.41) is 5.83. The Labute approximate surface area is 166 Å². The van der Waals surface area contributed by atoms with Crippen LogP contribution in [0.1, 0.15) is 47.2 Å². The van der Waals surface area contributed by atoms with Gasteiger partial charge in [0.15, 0.2) is 0 Å². The van der Waals surface area contributed by atoms with Crippen LogP contribution in [0.3, 0.4) is 0 Å². The molecule has 0 radical (unpaired) electrons. The highest BCUT2D eigenvalue weighted by atomic mass is 16.2. The number of fused-ring (bicyclic) bond motifs is 1. The van der Waals surface area contributed by atoms with E-state index < -0.39 is 0 Å². The number of unbranched alkanes of at least 4 members (excludes halogenated alkanes) is 3. The largest absolute Gasteiger partial charge is 0.352 e. The molecule has 2 aromatic rings. The van der Waals surface area contributed by atoms with Crippen molar-refractivity contribution < 1.29 is 9.59 Å². The highest BCUT2D eigenvalue weighted by Gasteiger charge is 2.22. The Bertz CT molecular complexity index is 779. The zero-order chi connectivity index (χ0) is 19.8. The lowest BCUT2D eigenvalue weighted by Crippen LogP contribution is -2.30. The summed E-state index contributed by atoms with van der Waals surface area (Å²) in [5.74, 6) is -0.0910. The number of nitrogens with zero attached hydrogens (tertiary/aromatic N) is 1. The molecule has 2 aromatic carbocycles. The van der Waals surface area contributed by atoms with Gasteiger partial charge in [-0.25, -0.2) is 4.79 Å². The number of rotatable bonds is 8. The van der Waals surface area contributed by atoms with Gasteiger partial charge in [-0.1, -0.05) is 37.1 Å². The number of urea groups is 1. The van der Waals surface area contributed by atoms with Crippen molar-refractivity contribution in [1.29, 1.82) is 0 Å². The van der Waals surface area contributed by atoms with E-state index >= 15 is 0 Å². The van der Waals surface area contributed by atoms with Crippen molar-refractivity contribution >= 4 is 17.6 Å². The van der Waals surface area contributed by atoms with E-state index in [0.717, 1.165) is 32.2 Å². The topological polar surface area (TPSA) is 87.5 Å². The molecule has 0 fully saturated rings. The molecule has 6 nitrogen and oxygen atoms in total. The van der Waals surface area contributed by atoms with Gasteiger partial charge in [-0.05, 0) is 54.8 Å². The zero-order valence-corrected chi connectivity index (χ0v) is 16.1. The molecule has 0 unspecified atom stereocenters. The van der Waals surface area contributed by atoms with Crippen LogP contribution in [0, 0.1) is 0 Å². The number of amides is 3. The molecule has 1 aliphatic heterocycles. The first-order valence-corrected chi connectivity index (χ1v) is 9.88. The van der Waals surface area contributed by atoms with Crippen LogP contribution in [0.2, 0.25) is 0 Å². The lowest BCUT2D eigenvalue weighted by molar-refractivity contribution is 0.0953. The van der Waals surface area contributed by atoms with Crippen LogP contribution in [-0.4, -0.2) is 29.9 Å². The average molecular weight is 380 g/mol. The van der Waals surface area contributed by atoms with Crippen LogP contribution >= 0.6 is 0 Å². The molecule has 0 saturated carbocycles. The van der Waals surface area contributed by atoms with Crippen LogP contribution in [-0.2, 0) is 13.1 Å².